The SMILES string of the molecule is CCC(N)C(N(C)Cc1ccccc1Br)C(C)(C)C. The number of likely N-dealkylation sites (N-methyl/N-ethyl adjacent to an activating group) is 1. The Morgan fingerprint density at radius 2 is 1.84 bits per heavy atom. The Hall–Kier alpha value is -0.380. The summed E-state index contributed by atoms with van der Waals surface area (Å²) in [4.78, 5) is 2.38. The van der Waals surface area contributed by atoms with Crippen molar-refractivity contribution in [3.8, 4) is 0 Å². The highest BCUT2D eigenvalue weighted by molar-refractivity contribution is 9.10. The minimum Gasteiger partial charge on any atom is -0.326 e. The summed E-state index contributed by atoms with van der Waals surface area (Å²) in [6, 6.07) is 8.95. The van der Waals surface area contributed by atoms with Gasteiger partial charge in [0.05, 0.1) is 0 Å². The number of halogens is 1. The first-order valence-corrected chi connectivity index (χ1v) is 7.76. The molecule has 2 nitrogen and oxygen atoms in total. The first kappa shape index (κ1) is 16.7. The Morgan fingerprint density at radius 1 is 1.26 bits per heavy atom. The Balaban J connectivity index is 2.89. The number of benzene rings is 1. The van der Waals surface area contributed by atoms with Gasteiger partial charge in [-0.3, -0.25) is 4.90 Å². The van der Waals surface area contributed by atoms with E-state index in [4.69, 9.17) is 5.73 Å². The van der Waals surface area contributed by atoms with Crippen molar-refractivity contribution < 1.29 is 0 Å². The Morgan fingerprint density at radius 3 is 2.32 bits per heavy atom. The average Bonchev–Trinajstić information content (AvgIpc) is 2.30. The zero-order chi connectivity index (χ0) is 14.6. The predicted molar refractivity (Wildman–Crippen MR) is 87.1 cm³/mol. The average molecular weight is 327 g/mol. The Labute approximate surface area is 126 Å². The molecule has 2 atom stereocenters. The highest BCUT2D eigenvalue weighted by Crippen LogP contribution is 2.29. The molecule has 0 bridgehead atoms. The first-order valence-electron chi connectivity index (χ1n) is 6.96. The highest BCUT2D eigenvalue weighted by Gasteiger charge is 2.32. The van der Waals surface area contributed by atoms with Gasteiger partial charge in [-0.2, -0.15) is 0 Å². The van der Waals surface area contributed by atoms with Gasteiger partial charge in [-0.1, -0.05) is 61.8 Å². The van der Waals surface area contributed by atoms with Crippen LogP contribution in [0, 0.1) is 5.41 Å². The quantitative estimate of drug-likeness (QED) is 0.885. The van der Waals surface area contributed by atoms with Crippen molar-refractivity contribution in [2.45, 2.75) is 52.7 Å². The molecule has 0 spiro atoms. The number of hydrogen-bond donors (Lipinski definition) is 1. The molecule has 1 aromatic rings. The first-order chi connectivity index (χ1) is 8.77. The summed E-state index contributed by atoms with van der Waals surface area (Å²) in [6.07, 6.45) is 1.00. The molecule has 0 fully saturated rings. The summed E-state index contributed by atoms with van der Waals surface area (Å²) >= 11 is 3.62. The number of rotatable bonds is 5. The molecule has 0 aliphatic carbocycles. The molecule has 0 saturated carbocycles. The van der Waals surface area contributed by atoms with E-state index in [1.54, 1.807) is 0 Å². The van der Waals surface area contributed by atoms with E-state index in [2.05, 4.69) is 73.8 Å². The molecule has 0 saturated heterocycles. The van der Waals surface area contributed by atoms with Gasteiger partial charge < -0.3 is 5.73 Å². The van der Waals surface area contributed by atoms with Crippen molar-refractivity contribution in [1.82, 2.24) is 4.90 Å². The zero-order valence-corrected chi connectivity index (χ0v) is 14.4. The molecular formula is C16H27BrN2. The summed E-state index contributed by atoms with van der Waals surface area (Å²) in [7, 11) is 2.17. The van der Waals surface area contributed by atoms with Crippen LogP contribution < -0.4 is 5.73 Å². The molecule has 0 radical (unpaired) electrons. The van der Waals surface area contributed by atoms with Gasteiger partial charge in [-0.25, -0.2) is 0 Å². The number of nitrogens with zero attached hydrogens (tertiary/aromatic N) is 1. The lowest BCUT2D eigenvalue weighted by molar-refractivity contribution is 0.0937. The van der Waals surface area contributed by atoms with Gasteiger partial charge in [0.25, 0.3) is 0 Å². The molecule has 19 heavy (non-hydrogen) atoms. The molecular weight excluding hydrogens is 300 g/mol. The van der Waals surface area contributed by atoms with Crippen LogP contribution in [0.4, 0.5) is 0 Å². The summed E-state index contributed by atoms with van der Waals surface area (Å²) in [6.45, 7) is 9.88. The van der Waals surface area contributed by atoms with Crippen LogP contribution in [0.2, 0.25) is 0 Å². The fourth-order valence-corrected chi connectivity index (χ4v) is 3.26. The van der Waals surface area contributed by atoms with E-state index in [0.717, 1.165) is 13.0 Å². The van der Waals surface area contributed by atoms with Crippen LogP contribution in [0.5, 0.6) is 0 Å². The highest BCUT2D eigenvalue weighted by atomic mass is 79.9. The largest absolute Gasteiger partial charge is 0.326 e. The molecule has 0 aliphatic heterocycles. The topological polar surface area (TPSA) is 29.3 Å². The molecule has 108 valence electrons. The summed E-state index contributed by atoms with van der Waals surface area (Å²) < 4.78 is 1.17. The van der Waals surface area contributed by atoms with E-state index >= 15 is 0 Å². The van der Waals surface area contributed by atoms with Gasteiger partial charge in [0.15, 0.2) is 0 Å². The minimum atomic E-state index is 0.172. The van der Waals surface area contributed by atoms with Crippen molar-refractivity contribution in [3.63, 3.8) is 0 Å². The molecule has 1 rings (SSSR count). The molecule has 0 amide bonds. The van der Waals surface area contributed by atoms with Crippen molar-refractivity contribution in [2.75, 3.05) is 7.05 Å². The van der Waals surface area contributed by atoms with Crippen molar-refractivity contribution in [1.29, 1.82) is 0 Å². The van der Waals surface area contributed by atoms with Gasteiger partial charge in [-0.15, -0.1) is 0 Å². The maximum atomic E-state index is 6.34. The standard InChI is InChI=1S/C16H27BrN2/c1-6-14(18)15(16(2,3)4)19(5)11-12-9-7-8-10-13(12)17/h7-10,14-15H,6,11,18H2,1-5H3. The number of hydrogen-bond acceptors (Lipinski definition) is 2. The van der Waals surface area contributed by atoms with Gasteiger partial charge in [0.2, 0.25) is 0 Å². The van der Waals surface area contributed by atoms with Gasteiger partial charge in [0.1, 0.15) is 0 Å². The van der Waals surface area contributed by atoms with Crippen molar-refractivity contribution in [3.05, 3.63) is 34.3 Å². The number of nitrogens with two attached hydrogens (primary N) is 1. The predicted octanol–water partition coefficient (Wildman–Crippen LogP) is 4.03. The second-order valence-corrected chi connectivity index (χ2v) is 7.24. The lowest BCUT2D eigenvalue weighted by Crippen LogP contribution is -2.52. The van der Waals surface area contributed by atoms with E-state index in [9.17, 15) is 0 Å². The van der Waals surface area contributed by atoms with Crippen molar-refractivity contribution in [2.24, 2.45) is 11.1 Å². The lowest BCUT2D eigenvalue weighted by atomic mass is 9.80. The second kappa shape index (κ2) is 6.87. The van der Waals surface area contributed by atoms with Gasteiger partial charge >= 0.3 is 0 Å². The maximum Gasteiger partial charge on any atom is 0.0295 e. The third-order valence-electron chi connectivity index (χ3n) is 3.62. The van der Waals surface area contributed by atoms with E-state index in [1.807, 2.05) is 6.07 Å². The molecule has 0 heterocycles. The monoisotopic (exact) mass is 326 g/mol. The smallest absolute Gasteiger partial charge is 0.0295 e. The Kier molecular flexibility index (Phi) is 6.03. The fraction of sp³-hybridized carbons (Fsp3) is 0.625. The van der Waals surface area contributed by atoms with Crippen LogP contribution in [0.15, 0.2) is 28.7 Å². The summed E-state index contributed by atoms with van der Waals surface area (Å²) in [5.74, 6) is 0. The third-order valence-corrected chi connectivity index (χ3v) is 4.39. The third kappa shape index (κ3) is 4.59. The second-order valence-electron chi connectivity index (χ2n) is 6.39. The molecule has 0 aromatic heterocycles. The molecule has 0 aliphatic rings. The Bertz CT molecular complexity index is 398. The summed E-state index contributed by atoms with van der Waals surface area (Å²) in [5, 5.41) is 0. The van der Waals surface area contributed by atoms with Crippen LogP contribution in [-0.4, -0.2) is 24.0 Å². The van der Waals surface area contributed by atoms with Crippen LogP contribution in [0.3, 0.4) is 0 Å². The van der Waals surface area contributed by atoms with Gasteiger partial charge in [-0.05, 0) is 30.5 Å². The van der Waals surface area contributed by atoms with Gasteiger partial charge in [0, 0.05) is 23.1 Å². The molecule has 2 unspecified atom stereocenters. The van der Waals surface area contributed by atoms with E-state index in [1.165, 1.54) is 10.0 Å². The molecule has 3 heteroatoms. The molecule has 1 aromatic carbocycles. The normalized spacial score (nSPS) is 15.6. The minimum absolute atomic E-state index is 0.172. The van der Waals surface area contributed by atoms with Crippen LogP contribution >= 0.6 is 15.9 Å². The van der Waals surface area contributed by atoms with Crippen molar-refractivity contribution >= 4 is 15.9 Å². The lowest BCUT2D eigenvalue weighted by Gasteiger charge is -2.41. The van der Waals surface area contributed by atoms with E-state index in [0.29, 0.717) is 6.04 Å². The van der Waals surface area contributed by atoms with E-state index in [-0.39, 0.29) is 11.5 Å². The maximum absolute atomic E-state index is 6.34. The van der Waals surface area contributed by atoms with Crippen LogP contribution in [0.25, 0.3) is 0 Å². The summed E-state index contributed by atoms with van der Waals surface area (Å²) in [5.41, 5.74) is 7.82. The van der Waals surface area contributed by atoms with Crippen LogP contribution in [-0.2, 0) is 6.54 Å². The fourth-order valence-electron chi connectivity index (χ4n) is 2.85. The molecule has 2 N–H and O–H groups in total. The van der Waals surface area contributed by atoms with E-state index < -0.39 is 0 Å². The van der Waals surface area contributed by atoms with Crippen LogP contribution in [0.1, 0.15) is 39.7 Å². The zero-order valence-electron chi connectivity index (χ0n) is 12.8.